The van der Waals surface area contributed by atoms with Gasteiger partial charge in [0.15, 0.2) is 0 Å². The minimum atomic E-state index is 0.650. The van der Waals surface area contributed by atoms with Crippen LogP contribution < -0.4 is 0 Å². The van der Waals surface area contributed by atoms with Gasteiger partial charge in [0.2, 0.25) is 0 Å². The van der Waals surface area contributed by atoms with E-state index in [0.717, 1.165) is 11.5 Å². The summed E-state index contributed by atoms with van der Waals surface area (Å²) in [5.41, 5.74) is 1.46. The monoisotopic (exact) mass is 165 g/mol. The minimum Gasteiger partial charge on any atom is -0.323 e. The van der Waals surface area contributed by atoms with Crippen LogP contribution >= 0.6 is 0 Å². The summed E-state index contributed by atoms with van der Waals surface area (Å²) in [6, 6.07) is 2.08. The highest BCUT2D eigenvalue weighted by atomic mass is 15.1. The van der Waals surface area contributed by atoms with Crippen LogP contribution in [-0.4, -0.2) is 9.55 Å². The topological polar surface area (TPSA) is 41.6 Å². The lowest BCUT2D eigenvalue weighted by molar-refractivity contribution is 0.845. The molecule has 0 N–H and O–H groups in total. The molecule has 66 valence electrons. The lowest BCUT2D eigenvalue weighted by Gasteiger charge is -1.92. The first-order valence-corrected chi connectivity index (χ1v) is 4.07. The quantitative estimate of drug-likeness (QED) is 0.589. The van der Waals surface area contributed by atoms with E-state index < -0.39 is 0 Å². The summed E-state index contributed by atoms with van der Waals surface area (Å²) in [4.78, 5) is 4.12. The first kappa shape index (κ1) is 10.7. The molecule has 0 unspecified atom stereocenters. The molecule has 12 heavy (non-hydrogen) atoms. The molecule has 0 aromatic carbocycles. The molecule has 0 saturated heterocycles. The zero-order valence-electron chi connectivity index (χ0n) is 8.34. The van der Waals surface area contributed by atoms with Crippen LogP contribution in [0.3, 0.4) is 0 Å². The Morgan fingerprint density at radius 3 is 2.00 bits per heavy atom. The van der Waals surface area contributed by atoms with E-state index in [2.05, 4.69) is 11.1 Å². The van der Waals surface area contributed by atoms with Crippen molar-refractivity contribution in [3.8, 4) is 6.07 Å². The van der Waals surface area contributed by atoms with E-state index in [4.69, 9.17) is 5.26 Å². The van der Waals surface area contributed by atoms with Gasteiger partial charge >= 0.3 is 0 Å². The first-order valence-electron chi connectivity index (χ1n) is 4.07. The van der Waals surface area contributed by atoms with E-state index in [9.17, 15) is 0 Å². The maximum atomic E-state index is 8.60. The zero-order chi connectivity index (χ0) is 9.72. The molecule has 1 aromatic rings. The molecule has 0 amide bonds. The Morgan fingerprint density at radius 1 is 1.33 bits per heavy atom. The van der Waals surface area contributed by atoms with Gasteiger partial charge in [0.1, 0.15) is 17.6 Å². The Hall–Kier alpha value is -1.30. The van der Waals surface area contributed by atoms with Crippen LogP contribution in [0.1, 0.15) is 31.1 Å². The van der Waals surface area contributed by atoms with Gasteiger partial charge in [-0.2, -0.15) is 5.26 Å². The predicted octanol–water partition coefficient (Wildman–Crippen LogP) is 1.93. The van der Waals surface area contributed by atoms with Crippen LogP contribution in [0.15, 0.2) is 0 Å². The lowest BCUT2D eigenvalue weighted by Crippen LogP contribution is -1.94. The second kappa shape index (κ2) is 4.55. The molecule has 1 rings (SSSR count). The van der Waals surface area contributed by atoms with Gasteiger partial charge in [-0.05, 0) is 13.8 Å². The number of hydrogen-bond acceptors (Lipinski definition) is 2. The molecular weight excluding hydrogens is 150 g/mol. The van der Waals surface area contributed by atoms with Gasteiger partial charge in [0.05, 0.1) is 5.69 Å². The second-order valence-corrected chi connectivity index (χ2v) is 2.26. The SMILES string of the molecule is CC.Cc1nc(C)n(C)c1C#N. The molecule has 0 aliphatic heterocycles. The highest BCUT2D eigenvalue weighted by molar-refractivity contribution is 5.27. The average Bonchev–Trinajstić information content (AvgIpc) is 2.31. The van der Waals surface area contributed by atoms with Gasteiger partial charge in [-0.3, -0.25) is 0 Å². The third-order valence-electron chi connectivity index (χ3n) is 1.60. The van der Waals surface area contributed by atoms with Gasteiger partial charge in [-0.15, -0.1) is 0 Å². The maximum Gasteiger partial charge on any atom is 0.142 e. The second-order valence-electron chi connectivity index (χ2n) is 2.26. The Balaban J connectivity index is 0.000000561. The van der Waals surface area contributed by atoms with Gasteiger partial charge in [0, 0.05) is 7.05 Å². The van der Waals surface area contributed by atoms with Gasteiger partial charge in [0.25, 0.3) is 0 Å². The van der Waals surface area contributed by atoms with Gasteiger partial charge < -0.3 is 4.57 Å². The number of nitriles is 1. The number of aryl methyl sites for hydroxylation is 2. The molecule has 0 bridgehead atoms. The van der Waals surface area contributed by atoms with Crippen molar-refractivity contribution < 1.29 is 0 Å². The predicted molar refractivity (Wildman–Crippen MR) is 48.7 cm³/mol. The molecule has 0 radical (unpaired) electrons. The molecule has 0 saturated carbocycles. The Kier molecular flexibility index (Phi) is 4.06. The van der Waals surface area contributed by atoms with E-state index >= 15 is 0 Å². The standard InChI is InChI=1S/C7H9N3.C2H6/c1-5-7(4-8)10(3)6(2)9-5;1-2/h1-3H3;1-2H3. The first-order chi connectivity index (χ1) is 5.66. The molecule has 1 heterocycles. The highest BCUT2D eigenvalue weighted by Crippen LogP contribution is 2.05. The maximum absolute atomic E-state index is 8.60. The fourth-order valence-electron chi connectivity index (χ4n) is 0.931. The third-order valence-corrected chi connectivity index (χ3v) is 1.60. The molecular formula is C9H15N3. The van der Waals surface area contributed by atoms with E-state index in [1.54, 1.807) is 4.57 Å². The average molecular weight is 165 g/mol. The molecule has 0 atom stereocenters. The number of imidazole rings is 1. The molecule has 1 aromatic heterocycles. The minimum absolute atomic E-state index is 0.650. The van der Waals surface area contributed by atoms with E-state index in [0.29, 0.717) is 5.69 Å². The van der Waals surface area contributed by atoms with Crippen LogP contribution in [0.5, 0.6) is 0 Å². The highest BCUT2D eigenvalue weighted by Gasteiger charge is 2.05. The number of nitrogens with zero attached hydrogens (tertiary/aromatic N) is 3. The van der Waals surface area contributed by atoms with Crippen molar-refractivity contribution >= 4 is 0 Å². The Morgan fingerprint density at radius 2 is 1.83 bits per heavy atom. The summed E-state index contributed by atoms with van der Waals surface area (Å²) < 4.78 is 1.79. The van der Waals surface area contributed by atoms with Gasteiger partial charge in [-0.25, -0.2) is 4.98 Å². The number of hydrogen-bond donors (Lipinski definition) is 0. The van der Waals surface area contributed by atoms with Crippen molar-refractivity contribution in [2.75, 3.05) is 0 Å². The Labute approximate surface area is 73.7 Å². The normalized spacial score (nSPS) is 8.33. The van der Waals surface area contributed by atoms with E-state index in [1.165, 1.54) is 0 Å². The molecule has 0 fully saturated rings. The molecule has 3 nitrogen and oxygen atoms in total. The number of aromatic nitrogens is 2. The fraction of sp³-hybridized carbons (Fsp3) is 0.556. The lowest BCUT2D eigenvalue weighted by atomic mass is 10.4. The van der Waals surface area contributed by atoms with Crippen molar-refractivity contribution in [3.63, 3.8) is 0 Å². The van der Waals surface area contributed by atoms with E-state index in [1.807, 2.05) is 34.7 Å². The molecule has 0 aliphatic rings. The largest absolute Gasteiger partial charge is 0.323 e. The summed E-state index contributed by atoms with van der Waals surface area (Å²) in [6.45, 7) is 7.72. The summed E-state index contributed by atoms with van der Waals surface area (Å²) in [7, 11) is 1.84. The number of rotatable bonds is 0. The molecule has 3 heteroatoms. The van der Waals surface area contributed by atoms with Gasteiger partial charge in [-0.1, -0.05) is 13.8 Å². The molecule has 0 spiro atoms. The van der Waals surface area contributed by atoms with Crippen molar-refractivity contribution in [1.29, 1.82) is 5.26 Å². The van der Waals surface area contributed by atoms with Crippen LogP contribution in [0.4, 0.5) is 0 Å². The smallest absolute Gasteiger partial charge is 0.142 e. The van der Waals surface area contributed by atoms with Crippen LogP contribution in [0.25, 0.3) is 0 Å². The zero-order valence-corrected chi connectivity index (χ0v) is 8.34. The fourth-order valence-corrected chi connectivity index (χ4v) is 0.931. The third kappa shape index (κ3) is 1.85. The summed E-state index contributed by atoms with van der Waals surface area (Å²) >= 11 is 0. The van der Waals surface area contributed by atoms with E-state index in [-0.39, 0.29) is 0 Å². The molecule has 0 aliphatic carbocycles. The van der Waals surface area contributed by atoms with Crippen LogP contribution in [0, 0.1) is 25.2 Å². The summed E-state index contributed by atoms with van der Waals surface area (Å²) in [5, 5.41) is 8.60. The van der Waals surface area contributed by atoms with Crippen molar-refractivity contribution in [2.45, 2.75) is 27.7 Å². The summed E-state index contributed by atoms with van der Waals surface area (Å²) in [6.07, 6.45) is 0. The van der Waals surface area contributed by atoms with Crippen molar-refractivity contribution in [1.82, 2.24) is 9.55 Å². The van der Waals surface area contributed by atoms with Crippen LogP contribution in [-0.2, 0) is 7.05 Å². The van der Waals surface area contributed by atoms with Crippen molar-refractivity contribution in [3.05, 3.63) is 17.2 Å². The Bertz CT molecular complexity index is 291. The van der Waals surface area contributed by atoms with Crippen molar-refractivity contribution in [2.24, 2.45) is 7.05 Å². The summed E-state index contributed by atoms with van der Waals surface area (Å²) in [5.74, 6) is 0.883. The van der Waals surface area contributed by atoms with Crippen LogP contribution in [0.2, 0.25) is 0 Å².